The van der Waals surface area contributed by atoms with Crippen molar-refractivity contribution >= 4 is 47.4 Å². The third kappa shape index (κ3) is 6.58. The van der Waals surface area contributed by atoms with Crippen LogP contribution in [-0.4, -0.2) is 61.9 Å². The summed E-state index contributed by atoms with van der Waals surface area (Å²) in [6, 6.07) is 8.96. The lowest BCUT2D eigenvalue weighted by Gasteiger charge is -2.35. The van der Waals surface area contributed by atoms with E-state index in [1.54, 1.807) is 7.05 Å². The van der Waals surface area contributed by atoms with Crippen LogP contribution in [0, 0.1) is 6.92 Å². The second kappa shape index (κ2) is 11.4. The molecular weight excluding hydrogens is 481 g/mol. The Balaban J connectivity index is 0.00000300. The van der Waals surface area contributed by atoms with E-state index in [0.717, 1.165) is 25.9 Å². The highest BCUT2D eigenvalue weighted by Crippen LogP contribution is 2.20. The Hall–Kier alpha value is -1.84. The molecule has 0 bridgehead atoms. The molecule has 1 aromatic rings. The maximum atomic E-state index is 11.9. The molecule has 2 heterocycles. The summed E-state index contributed by atoms with van der Waals surface area (Å²) < 4.78 is 0. The van der Waals surface area contributed by atoms with Gasteiger partial charge in [-0.2, -0.15) is 0 Å². The molecule has 0 aromatic heterocycles. The Bertz CT molecular complexity index is 706. The quantitative estimate of drug-likeness (QED) is 0.274. The molecule has 0 aliphatic carbocycles. The fraction of sp³-hybridized carbons (Fsp3) is 0.571. The molecule has 2 saturated heterocycles. The van der Waals surface area contributed by atoms with Gasteiger partial charge in [0.2, 0.25) is 11.8 Å². The number of nitrogens with one attached hydrogen (secondary N) is 2. The van der Waals surface area contributed by atoms with E-state index in [-0.39, 0.29) is 35.8 Å². The number of carbonyl (C=O) groups excluding carboxylic acids is 2. The number of piperidine rings is 2. The second-order valence-electron chi connectivity index (χ2n) is 7.56. The van der Waals surface area contributed by atoms with Crippen molar-refractivity contribution < 1.29 is 9.59 Å². The molecular formula is C21H32IN5O2. The van der Waals surface area contributed by atoms with Crippen LogP contribution in [0.1, 0.15) is 37.7 Å². The first-order valence-electron chi connectivity index (χ1n) is 10.2. The molecule has 1 atom stereocenters. The highest BCUT2D eigenvalue weighted by Gasteiger charge is 2.25. The standard InChI is InChI=1S/C21H31N5O2.HI/c1-16-8-10-18(11-9-16)25-13-4-5-17(15-25)24-21(22-2)23-12-14-26-19(27)6-3-7-20(26)28;/h8-11,17H,3-7,12-15H2,1-2H3,(H2,22,23,24);1H. The van der Waals surface area contributed by atoms with Gasteiger partial charge in [0, 0.05) is 57.8 Å². The topological polar surface area (TPSA) is 77.0 Å². The first kappa shape index (κ1) is 23.4. The molecule has 7 nitrogen and oxygen atoms in total. The predicted octanol–water partition coefficient (Wildman–Crippen LogP) is 2.29. The highest BCUT2D eigenvalue weighted by atomic mass is 127. The molecule has 160 valence electrons. The predicted molar refractivity (Wildman–Crippen MR) is 127 cm³/mol. The van der Waals surface area contributed by atoms with Crippen molar-refractivity contribution in [2.24, 2.45) is 4.99 Å². The Labute approximate surface area is 190 Å². The van der Waals surface area contributed by atoms with Crippen molar-refractivity contribution in [1.82, 2.24) is 15.5 Å². The summed E-state index contributed by atoms with van der Waals surface area (Å²) in [4.78, 5) is 31.8. The van der Waals surface area contributed by atoms with Crippen LogP contribution in [0.15, 0.2) is 29.3 Å². The van der Waals surface area contributed by atoms with Gasteiger partial charge in [-0.3, -0.25) is 19.5 Å². The SMILES string of the molecule is CN=C(NCCN1C(=O)CCCC1=O)NC1CCCN(c2ccc(C)cc2)C1.I. The molecule has 1 aromatic carbocycles. The fourth-order valence-corrected chi connectivity index (χ4v) is 3.81. The number of nitrogens with zero attached hydrogens (tertiary/aromatic N) is 3. The number of rotatable bonds is 5. The molecule has 2 amide bonds. The van der Waals surface area contributed by atoms with E-state index in [4.69, 9.17) is 0 Å². The van der Waals surface area contributed by atoms with Crippen molar-refractivity contribution in [2.45, 2.75) is 45.1 Å². The molecule has 0 spiro atoms. The van der Waals surface area contributed by atoms with Gasteiger partial charge in [-0.25, -0.2) is 0 Å². The Morgan fingerprint density at radius 3 is 2.48 bits per heavy atom. The van der Waals surface area contributed by atoms with Gasteiger partial charge in [-0.15, -0.1) is 24.0 Å². The van der Waals surface area contributed by atoms with Gasteiger partial charge in [0.25, 0.3) is 0 Å². The molecule has 2 aliphatic rings. The third-order valence-electron chi connectivity index (χ3n) is 5.40. The maximum Gasteiger partial charge on any atom is 0.229 e. The normalized spacial score (nSPS) is 20.3. The number of amides is 2. The number of imide groups is 1. The molecule has 0 saturated carbocycles. The summed E-state index contributed by atoms with van der Waals surface area (Å²) in [6.45, 7) is 4.98. The number of aliphatic imine (C=N–C) groups is 1. The van der Waals surface area contributed by atoms with Crippen LogP contribution in [0.2, 0.25) is 0 Å². The van der Waals surface area contributed by atoms with Gasteiger partial charge < -0.3 is 15.5 Å². The van der Waals surface area contributed by atoms with Gasteiger partial charge >= 0.3 is 0 Å². The van der Waals surface area contributed by atoms with Crippen LogP contribution < -0.4 is 15.5 Å². The number of carbonyl (C=O) groups is 2. The number of guanidine groups is 1. The zero-order valence-corrected chi connectivity index (χ0v) is 19.6. The van der Waals surface area contributed by atoms with E-state index < -0.39 is 0 Å². The van der Waals surface area contributed by atoms with Crippen LogP contribution in [0.3, 0.4) is 0 Å². The van der Waals surface area contributed by atoms with Gasteiger partial charge in [-0.05, 0) is 38.3 Å². The van der Waals surface area contributed by atoms with Crippen molar-refractivity contribution in [3.63, 3.8) is 0 Å². The largest absolute Gasteiger partial charge is 0.369 e. The smallest absolute Gasteiger partial charge is 0.229 e. The van der Waals surface area contributed by atoms with Crippen LogP contribution in [0.4, 0.5) is 5.69 Å². The van der Waals surface area contributed by atoms with Gasteiger partial charge in [0.15, 0.2) is 5.96 Å². The van der Waals surface area contributed by atoms with Crippen LogP contribution >= 0.6 is 24.0 Å². The van der Waals surface area contributed by atoms with Crippen LogP contribution in [-0.2, 0) is 9.59 Å². The first-order valence-corrected chi connectivity index (χ1v) is 10.2. The number of benzene rings is 1. The van der Waals surface area contributed by atoms with E-state index >= 15 is 0 Å². The lowest BCUT2D eigenvalue weighted by atomic mass is 10.0. The van der Waals surface area contributed by atoms with E-state index in [2.05, 4.69) is 51.7 Å². The molecule has 0 radical (unpaired) electrons. The summed E-state index contributed by atoms with van der Waals surface area (Å²) in [6.07, 6.45) is 3.82. The van der Waals surface area contributed by atoms with Crippen LogP contribution in [0.25, 0.3) is 0 Å². The van der Waals surface area contributed by atoms with E-state index in [0.29, 0.717) is 44.4 Å². The first-order chi connectivity index (χ1) is 13.6. The summed E-state index contributed by atoms with van der Waals surface area (Å²) in [5.41, 5.74) is 2.52. The Morgan fingerprint density at radius 2 is 1.83 bits per heavy atom. The average molecular weight is 513 g/mol. The van der Waals surface area contributed by atoms with Gasteiger partial charge in [0.1, 0.15) is 0 Å². The average Bonchev–Trinajstić information content (AvgIpc) is 2.70. The lowest BCUT2D eigenvalue weighted by Crippen LogP contribution is -2.52. The highest BCUT2D eigenvalue weighted by molar-refractivity contribution is 14.0. The second-order valence-corrected chi connectivity index (χ2v) is 7.56. The zero-order chi connectivity index (χ0) is 19.9. The van der Waals surface area contributed by atoms with Crippen molar-refractivity contribution in [1.29, 1.82) is 0 Å². The van der Waals surface area contributed by atoms with E-state index in [9.17, 15) is 9.59 Å². The van der Waals surface area contributed by atoms with Crippen molar-refractivity contribution in [2.75, 3.05) is 38.1 Å². The Kier molecular flexibility index (Phi) is 9.19. The minimum absolute atomic E-state index is 0. The van der Waals surface area contributed by atoms with Crippen LogP contribution in [0.5, 0.6) is 0 Å². The summed E-state index contributed by atoms with van der Waals surface area (Å²) >= 11 is 0. The molecule has 29 heavy (non-hydrogen) atoms. The minimum atomic E-state index is -0.0676. The summed E-state index contributed by atoms with van der Waals surface area (Å²) in [5, 5.41) is 6.73. The minimum Gasteiger partial charge on any atom is -0.369 e. The summed E-state index contributed by atoms with van der Waals surface area (Å²) in [7, 11) is 1.74. The molecule has 2 aliphatic heterocycles. The lowest BCUT2D eigenvalue weighted by molar-refractivity contribution is -0.147. The molecule has 1 unspecified atom stereocenters. The maximum absolute atomic E-state index is 11.9. The number of anilines is 1. The molecule has 2 N–H and O–H groups in total. The molecule has 2 fully saturated rings. The zero-order valence-electron chi connectivity index (χ0n) is 17.3. The van der Waals surface area contributed by atoms with Gasteiger partial charge in [-0.1, -0.05) is 17.7 Å². The molecule has 8 heteroatoms. The summed E-state index contributed by atoms with van der Waals surface area (Å²) in [5.74, 6) is 0.580. The third-order valence-corrected chi connectivity index (χ3v) is 5.40. The molecule has 3 rings (SSSR count). The monoisotopic (exact) mass is 513 g/mol. The van der Waals surface area contributed by atoms with Crippen molar-refractivity contribution in [3.05, 3.63) is 29.8 Å². The van der Waals surface area contributed by atoms with E-state index in [1.807, 2.05) is 0 Å². The van der Waals surface area contributed by atoms with Crippen molar-refractivity contribution in [3.8, 4) is 0 Å². The van der Waals surface area contributed by atoms with Gasteiger partial charge in [0.05, 0.1) is 0 Å². The Morgan fingerprint density at radius 1 is 1.14 bits per heavy atom. The van der Waals surface area contributed by atoms with E-state index in [1.165, 1.54) is 16.2 Å². The number of aryl methyl sites for hydroxylation is 1. The number of hydrogen-bond donors (Lipinski definition) is 2. The fourth-order valence-electron chi connectivity index (χ4n) is 3.81. The number of halogens is 1. The number of likely N-dealkylation sites (tertiary alicyclic amines) is 1. The number of hydrogen-bond acceptors (Lipinski definition) is 4.